The van der Waals surface area contributed by atoms with Crippen LogP contribution in [0.2, 0.25) is 5.02 Å². The SMILES string of the molecule is C[C@@H]1CCc2ncnc(N3CCN(C(=O)C(CNCCCOCCC(=O)O)c4ccc(Cl)cc4)CC3)c21.Cl.Cl. The van der Waals surface area contributed by atoms with Gasteiger partial charge in [0.25, 0.3) is 0 Å². The van der Waals surface area contributed by atoms with Crippen LogP contribution in [0.15, 0.2) is 30.6 Å². The molecule has 1 aromatic heterocycles. The van der Waals surface area contributed by atoms with Crippen LogP contribution in [0, 0.1) is 0 Å². The second kappa shape index (κ2) is 16.2. The van der Waals surface area contributed by atoms with Crippen molar-refractivity contribution in [2.45, 2.75) is 44.4 Å². The van der Waals surface area contributed by atoms with Crippen LogP contribution >= 0.6 is 36.4 Å². The zero-order valence-corrected chi connectivity index (χ0v) is 24.6. The fraction of sp³-hybridized carbons (Fsp3) is 0.556. The molecule has 0 saturated carbocycles. The number of benzene rings is 1. The van der Waals surface area contributed by atoms with Crippen molar-refractivity contribution in [3.05, 3.63) is 52.4 Å². The average molecular weight is 603 g/mol. The van der Waals surface area contributed by atoms with Crippen LogP contribution in [0.5, 0.6) is 0 Å². The van der Waals surface area contributed by atoms with E-state index in [0.29, 0.717) is 43.7 Å². The lowest BCUT2D eigenvalue weighted by molar-refractivity contribution is -0.138. The second-order valence-corrected chi connectivity index (χ2v) is 10.2. The summed E-state index contributed by atoms with van der Waals surface area (Å²) in [5.41, 5.74) is 3.37. The number of piperazine rings is 1. The van der Waals surface area contributed by atoms with E-state index in [1.165, 1.54) is 5.56 Å². The number of anilines is 1. The normalized spacial score (nSPS) is 17.1. The highest BCUT2D eigenvalue weighted by Crippen LogP contribution is 2.37. The van der Waals surface area contributed by atoms with Crippen LogP contribution in [0.25, 0.3) is 0 Å². The number of hydrogen-bond acceptors (Lipinski definition) is 7. The molecular weight excluding hydrogens is 565 g/mol. The Morgan fingerprint density at radius 1 is 1.13 bits per heavy atom. The number of ether oxygens (including phenoxy) is 1. The maximum Gasteiger partial charge on any atom is 0.305 e. The minimum absolute atomic E-state index is 0. The van der Waals surface area contributed by atoms with E-state index in [-0.39, 0.29) is 49.7 Å². The highest BCUT2D eigenvalue weighted by Gasteiger charge is 2.31. The van der Waals surface area contributed by atoms with E-state index in [2.05, 4.69) is 27.1 Å². The molecule has 1 saturated heterocycles. The number of carboxylic acids is 1. The van der Waals surface area contributed by atoms with E-state index in [0.717, 1.165) is 49.4 Å². The third-order valence-corrected chi connectivity index (χ3v) is 7.42. The molecule has 0 bridgehead atoms. The molecule has 1 amide bonds. The summed E-state index contributed by atoms with van der Waals surface area (Å²) < 4.78 is 5.35. The highest BCUT2D eigenvalue weighted by molar-refractivity contribution is 6.30. The van der Waals surface area contributed by atoms with Crippen molar-refractivity contribution in [2.75, 3.05) is 57.4 Å². The number of fused-ring (bicyclic) bond motifs is 1. The van der Waals surface area contributed by atoms with Crippen molar-refractivity contribution in [2.24, 2.45) is 0 Å². The van der Waals surface area contributed by atoms with Gasteiger partial charge in [-0.1, -0.05) is 30.7 Å². The molecule has 1 unspecified atom stereocenters. The number of nitrogens with zero attached hydrogens (tertiary/aromatic N) is 4. The second-order valence-electron chi connectivity index (χ2n) is 9.73. The number of carbonyl (C=O) groups excluding carboxylic acids is 1. The number of rotatable bonds is 12. The molecule has 1 aliphatic carbocycles. The van der Waals surface area contributed by atoms with Gasteiger partial charge in [0.05, 0.1) is 18.9 Å². The van der Waals surface area contributed by atoms with Crippen LogP contribution in [0.3, 0.4) is 0 Å². The van der Waals surface area contributed by atoms with Crippen molar-refractivity contribution in [1.29, 1.82) is 0 Å². The van der Waals surface area contributed by atoms with Gasteiger partial charge in [-0.05, 0) is 49.4 Å². The first-order valence-corrected chi connectivity index (χ1v) is 13.4. The number of carbonyl (C=O) groups is 2. The van der Waals surface area contributed by atoms with Gasteiger partial charge in [-0.15, -0.1) is 24.8 Å². The number of aryl methyl sites for hydroxylation is 1. The van der Waals surface area contributed by atoms with Gasteiger partial charge < -0.3 is 25.0 Å². The fourth-order valence-electron chi connectivity index (χ4n) is 5.08. The summed E-state index contributed by atoms with van der Waals surface area (Å²) in [6, 6.07) is 7.48. The third-order valence-electron chi connectivity index (χ3n) is 7.16. The first-order valence-electron chi connectivity index (χ1n) is 13.1. The molecule has 9 nitrogen and oxygen atoms in total. The van der Waals surface area contributed by atoms with E-state index in [1.807, 2.05) is 29.2 Å². The van der Waals surface area contributed by atoms with Gasteiger partial charge in [0, 0.05) is 55.6 Å². The van der Waals surface area contributed by atoms with Crippen molar-refractivity contribution in [3.8, 4) is 0 Å². The summed E-state index contributed by atoms with van der Waals surface area (Å²) in [6.07, 6.45) is 4.54. The number of aliphatic carboxylic acids is 1. The smallest absolute Gasteiger partial charge is 0.305 e. The highest BCUT2D eigenvalue weighted by atomic mass is 35.5. The van der Waals surface area contributed by atoms with E-state index >= 15 is 0 Å². The van der Waals surface area contributed by atoms with Crippen LogP contribution in [0.4, 0.5) is 5.82 Å². The molecule has 4 rings (SSSR count). The van der Waals surface area contributed by atoms with Crippen molar-refractivity contribution in [3.63, 3.8) is 0 Å². The molecule has 39 heavy (non-hydrogen) atoms. The van der Waals surface area contributed by atoms with Crippen LogP contribution in [-0.4, -0.2) is 84.3 Å². The zero-order chi connectivity index (χ0) is 26.2. The average Bonchev–Trinajstić information content (AvgIpc) is 3.29. The van der Waals surface area contributed by atoms with Gasteiger partial charge >= 0.3 is 5.97 Å². The predicted octanol–water partition coefficient (Wildman–Crippen LogP) is 3.93. The molecule has 2 N–H and O–H groups in total. The minimum atomic E-state index is -0.862. The molecular formula is C27H38Cl3N5O4. The van der Waals surface area contributed by atoms with E-state index < -0.39 is 5.97 Å². The number of amides is 1. The summed E-state index contributed by atoms with van der Waals surface area (Å²) in [5, 5.41) is 12.7. The number of hydrogen-bond donors (Lipinski definition) is 2. The maximum absolute atomic E-state index is 13.7. The molecule has 1 aliphatic heterocycles. The molecule has 0 spiro atoms. The maximum atomic E-state index is 13.7. The summed E-state index contributed by atoms with van der Waals surface area (Å²) in [7, 11) is 0. The summed E-state index contributed by atoms with van der Waals surface area (Å²) in [6.45, 7) is 6.90. The summed E-state index contributed by atoms with van der Waals surface area (Å²) in [4.78, 5) is 37.6. The van der Waals surface area contributed by atoms with Crippen molar-refractivity contribution >= 4 is 54.1 Å². The Morgan fingerprint density at radius 3 is 2.54 bits per heavy atom. The van der Waals surface area contributed by atoms with Gasteiger partial charge in [0.1, 0.15) is 12.1 Å². The van der Waals surface area contributed by atoms with Crippen molar-refractivity contribution in [1.82, 2.24) is 20.2 Å². The quantitative estimate of drug-likeness (QED) is 0.352. The molecule has 0 radical (unpaired) electrons. The Kier molecular flexibility index (Phi) is 13.7. The number of aromatic nitrogens is 2. The van der Waals surface area contributed by atoms with E-state index in [1.54, 1.807) is 6.33 Å². The summed E-state index contributed by atoms with van der Waals surface area (Å²) in [5.74, 6) is 0.421. The Balaban J connectivity index is 0.00000267. The largest absolute Gasteiger partial charge is 0.481 e. The number of nitrogens with one attached hydrogen (secondary N) is 1. The zero-order valence-electron chi connectivity index (χ0n) is 22.2. The topological polar surface area (TPSA) is 108 Å². The molecule has 2 atom stereocenters. The van der Waals surface area contributed by atoms with Crippen molar-refractivity contribution < 1.29 is 19.4 Å². The van der Waals surface area contributed by atoms with Crippen LogP contribution in [0.1, 0.15) is 54.8 Å². The molecule has 2 aliphatic rings. The number of halogens is 3. The first-order chi connectivity index (χ1) is 17.9. The van der Waals surface area contributed by atoms with Crippen LogP contribution < -0.4 is 10.2 Å². The molecule has 12 heteroatoms. The standard InChI is InChI=1S/C27H36ClN5O4.2ClH/c1-19-3-8-23-25(19)26(31-18-30-23)32-11-13-33(14-12-32)27(36)22(20-4-6-21(28)7-5-20)17-29-10-2-15-37-16-9-24(34)35;;/h4-7,18-19,22,29H,2-3,8-17H2,1H3,(H,34,35);2*1H/t19-,22?;;/m1../s1. The molecule has 2 heterocycles. The predicted molar refractivity (Wildman–Crippen MR) is 157 cm³/mol. The van der Waals surface area contributed by atoms with Gasteiger partial charge in [-0.3, -0.25) is 9.59 Å². The molecule has 1 fully saturated rings. The van der Waals surface area contributed by atoms with E-state index in [9.17, 15) is 9.59 Å². The van der Waals surface area contributed by atoms with Gasteiger partial charge in [0.15, 0.2) is 0 Å². The molecule has 2 aromatic rings. The monoisotopic (exact) mass is 601 g/mol. The lowest BCUT2D eigenvalue weighted by Crippen LogP contribution is -2.51. The molecule has 216 valence electrons. The summed E-state index contributed by atoms with van der Waals surface area (Å²) >= 11 is 6.10. The minimum Gasteiger partial charge on any atom is -0.481 e. The Morgan fingerprint density at radius 2 is 1.85 bits per heavy atom. The number of carboxylic acid groups (broad SMARTS) is 1. The van der Waals surface area contributed by atoms with Crippen LogP contribution in [-0.2, 0) is 20.7 Å². The Bertz CT molecular complexity index is 1070. The fourth-order valence-corrected chi connectivity index (χ4v) is 5.21. The first kappa shape index (κ1) is 33.0. The lowest BCUT2D eigenvalue weighted by atomic mass is 9.97. The Hall–Kier alpha value is -2.17. The molecule has 1 aromatic carbocycles. The van der Waals surface area contributed by atoms with Gasteiger partial charge in [0.2, 0.25) is 5.91 Å². The lowest BCUT2D eigenvalue weighted by Gasteiger charge is -2.38. The van der Waals surface area contributed by atoms with Gasteiger partial charge in [-0.2, -0.15) is 0 Å². The van der Waals surface area contributed by atoms with E-state index in [4.69, 9.17) is 21.4 Å². The Labute approximate surface area is 247 Å². The van der Waals surface area contributed by atoms with Gasteiger partial charge in [-0.25, -0.2) is 9.97 Å². The third kappa shape index (κ3) is 8.91.